The topological polar surface area (TPSA) is 134 Å². The maximum absolute atomic E-state index is 13.6. The molecule has 1 aromatic heterocycles. The largest absolute Gasteiger partial charge is 0.472 e. The SMILES string of the molecule is COC(=O)C1OC2(O)C3CC4(C)C(c5ccoc5)OC(=O)CC4(OC4CC(=O)C(C)(C)C1C42C)C31CO1. The second-order valence-electron chi connectivity index (χ2n) is 12.8. The summed E-state index contributed by atoms with van der Waals surface area (Å²) in [6, 6.07) is 1.75. The van der Waals surface area contributed by atoms with Gasteiger partial charge >= 0.3 is 11.9 Å². The predicted octanol–water partition coefficient (Wildman–Crippen LogP) is 2.08. The summed E-state index contributed by atoms with van der Waals surface area (Å²) in [5.41, 5.74) is -4.57. The smallest absolute Gasteiger partial charge is 0.335 e. The summed E-state index contributed by atoms with van der Waals surface area (Å²) >= 11 is 0. The summed E-state index contributed by atoms with van der Waals surface area (Å²) in [5, 5.41) is 12.7. The number of ether oxygens (including phenoxy) is 5. The van der Waals surface area contributed by atoms with Crippen LogP contribution in [0.3, 0.4) is 0 Å². The molecule has 1 aromatic rings. The Balaban J connectivity index is 1.47. The molecule has 200 valence electrons. The fraction of sp³-hybridized carbons (Fsp3) is 0.741. The molecule has 7 rings (SSSR count). The van der Waals surface area contributed by atoms with Crippen LogP contribution in [0.25, 0.3) is 0 Å². The molecule has 4 aliphatic heterocycles. The lowest BCUT2D eigenvalue weighted by Gasteiger charge is -2.58. The monoisotopic (exact) mass is 516 g/mol. The van der Waals surface area contributed by atoms with Gasteiger partial charge in [-0.05, 0) is 12.5 Å². The maximum Gasteiger partial charge on any atom is 0.335 e. The normalized spacial score (nSPS) is 52.8. The molecule has 2 aliphatic carbocycles. The van der Waals surface area contributed by atoms with Crippen molar-refractivity contribution in [2.24, 2.45) is 28.1 Å². The van der Waals surface area contributed by atoms with Gasteiger partial charge in [-0.3, -0.25) is 9.59 Å². The van der Waals surface area contributed by atoms with Crippen molar-refractivity contribution in [1.29, 1.82) is 0 Å². The van der Waals surface area contributed by atoms with Gasteiger partial charge in [-0.1, -0.05) is 27.7 Å². The van der Waals surface area contributed by atoms with Gasteiger partial charge in [-0.25, -0.2) is 4.79 Å². The van der Waals surface area contributed by atoms with E-state index in [1.807, 2.05) is 13.8 Å². The lowest BCUT2D eigenvalue weighted by atomic mass is 9.50. The lowest BCUT2D eigenvalue weighted by molar-refractivity contribution is -0.307. The van der Waals surface area contributed by atoms with Crippen LogP contribution in [0.2, 0.25) is 0 Å². The molecule has 2 saturated carbocycles. The Hall–Kier alpha value is -2.27. The molecule has 0 amide bonds. The number of esters is 2. The number of epoxide rings is 1. The number of hydrogen-bond acceptors (Lipinski definition) is 10. The summed E-state index contributed by atoms with van der Waals surface area (Å²) in [5.74, 6) is -4.48. The molecule has 2 spiro atoms. The number of Topliss-reactive ketones (excluding diaryl/α,β-unsaturated/α-hetero) is 1. The van der Waals surface area contributed by atoms with E-state index in [1.54, 1.807) is 26.2 Å². The third kappa shape index (κ3) is 2.33. The molecule has 0 aromatic carbocycles. The minimum Gasteiger partial charge on any atom is -0.472 e. The van der Waals surface area contributed by atoms with E-state index in [1.165, 1.54) is 13.4 Å². The summed E-state index contributed by atoms with van der Waals surface area (Å²) in [6.45, 7) is 7.64. The third-order valence-corrected chi connectivity index (χ3v) is 11.1. The van der Waals surface area contributed by atoms with Gasteiger partial charge < -0.3 is 33.2 Å². The van der Waals surface area contributed by atoms with Crippen molar-refractivity contribution in [2.75, 3.05) is 13.7 Å². The van der Waals surface area contributed by atoms with Crippen molar-refractivity contribution in [2.45, 2.75) is 82.3 Å². The number of furan rings is 1. The standard InChI is InChI=1S/C27H32O10/c1-22(2)15(28)8-16-24(4)19(22)18(21(30)32-5)37-27(24,31)14-9-23(3)20(13-6-7-33-11-13)35-17(29)10-26(23,36-16)25(14)12-34-25/h6-7,11,14,16,18-20,31H,8-10,12H2,1-5H3. The lowest BCUT2D eigenvalue weighted by Crippen LogP contribution is -2.66. The first-order valence-corrected chi connectivity index (χ1v) is 12.9. The summed E-state index contributed by atoms with van der Waals surface area (Å²) in [7, 11) is 1.27. The highest BCUT2D eigenvalue weighted by molar-refractivity contribution is 5.88. The third-order valence-electron chi connectivity index (χ3n) is 11.1. The highest BCUT2D eigenvalue weighted by Crippen LogP contribution is 2.79. The van der Waals surface area contributed by atoms with Crippen molar-refractivity contribution in [3.63, 3.8) is 0 Å². The highest BCUT2D eigenvalue weighted by atomic mass is 16.7. The van der Waals surface area contributed by atoms with Crippen LogP contribution >= 0.6 is 0 Å². The van der Waals surface area contributed by atoms with Crippen LogP contribution in [0, 0.1) is 28.1 Å². The van der Waals surface area contributed by atoms with Gasteiger partial charge in [0.2, 0.25) is 0 Å². The average Bonchev–Trinajstić information content (AvgIpc) is 3.29. The fourth-order valence-electron chi connectivity index (χ4n) is 9.26. The van der Waals surface area contributed by atoms with Gasteiger partial charge in [0, 0.05) is 34.7 Å². The number of aliphatic hydroxyl groups is 1. The summed E-state index contributed by atoms with van der Waals surface area (Å²) in [4.78, 5) is 39.8. The summed E-state index contributed by atoms with van der Waals surface area (Å²) in [6.07, 6.45) is 0.585. The zero-order chi connectivity index (χ0) is 26.4. The van der Waals surface area contributed by atoms with Crippen LogP contribution in [0.5, 0.6) is 0 Å². The van der Waals surface area contributed by atoms with Gasteiger partial charge in [-0.15, -0.1) is 0 Å². The Labute approximate surface area is 213 Å². The maximum atomic E-state index is 13.6. The van der Waals surface area contributed by atoms with Crippen molar-refractivity contribution in [3.8, 4) is 0 Å². The van der Waals surface area contributed by atoms with Gasteiger partial charge in [0.25, 0.3) is 0 Å². The molecule has 4 saturated heterocycles. The molecule has 6 fully saturated rings. The van der Waals surface area contributed by atoms with Gasteiger partial charge in [0.05, 0.1) is 44.2 Å². The van der Waals surface area contributed by atoms with Crippen LogP contribution in [-0.4, -0.2) is 65.7 Å². The van der Waals surface area contributed by atoms with Crippen molar-refractivity contribution >= 4 is 17.7 Å². The first-order valence-electron chi connectivity index (χ1n) is 12.9. The molecule has 37 heavy (non-hydrogen) atoms. The Morgan fingerprint density at radius 1 is 1.16 bits per heavy atom. The van der Waals surface area contributed by atoms with Crippen LogP contribution in [-0.2, 0) is 38.1 Å². The number of carbonyl (C=O) groups excluding carboxylic acids is 3. The van der Waals surface area contributed by atoms with Crippen molar-refractivity contribution < 1.29 is 47.6 Å². The molecule has 10 unspecified atom stereocenters. The summed E-state index contributed by atoms with van der Waals surface area (Å²) < 4.78 is 36.0. The van der Waals surface area contributed by atoms with Gasteiger partial charge in [0.1, 0.15) is 23.1 Å². The second-order valence-corrected chi connectivity index (χ2v) is 12.8. The molecular weight excluding hydrogens is 484 g/mol. The highest BCUT2D eigenvalue weighted by Gasteiger charge is 2.91. The number of fused-ring (bicyclic) bond motifs is 1. The van der Waals surface area contributed by atoms with Crippen LogP contribution in [0.4, 0.5) is 0 Å². The zero-order valence-corrected chi connectivity index (χ0v) is 21.6. The minimum absolute atomic E-state index is 0.00557. The van der Waals surface area contributed by atoms with Crippen LogP contribution < -0.4 is 0 Å². The molecule has 5 heterocycles. The molecule has 10 atom stereocenters. The van der Waals surface area contributed by atoms with Gasteiger partial charge in [-0.2, -0.15) is 0 Å². The van der Waals surface area contributed by atoms with E-state index >= 15 is 0 Å². The molecule has 6 aliphatic rings. The molecule has 0 radical (unpaired) electrons. The van der Waals surface area contributed by atoms with E-state index in [4.69, 9.17) is 28.1 Å². The van der Waals surface area contributed by atoms with Crippen molar-refractivity contribution in [3.05, 3.63) is 24.2 Å². The predicted molar refractivity (Wildman–Crippen MR) is 121 cm³/mol. The number of ketones is 1. The van der Waals surface area contributed by atoms with E-state index in [0.29, 0.717) is 12.0 Å². The second kappa shape index (κ2) is 6.65. The fourth-order valence-corrected chi connectivity index (χ4v) is 9.26. The zero-order valence-electron chi connectivity index (χ0n) is 21.6. The van der Waals surface area contributed by atoms with Gasteiger partial charge in [0.15, 0.2) is 11.9 Å². The van der Waals surface area contributed by atoms with E-state index in [9.17, 15) is 19.5 Å². The Bertz CT molecular complexity index is 1220. The molecule has 10 nitrogen and oxygen atoms in total. The Morgan fingerprint density at radius 2 is 1.89 bits per heavy atom. The van der Waals surface area contributed by atoms with E-state index in [0.717, 1.165) is 0 Å². The molecule has 2 bridgehead atoms. The van der Waals surface area contributed by atoms with E-state index in [2.05, 4.69) is 0 Å². The van der Waals surface area contributed by atoms with E-state index < -0.39 is 75.3 Å². The Morgan fingerprint density at radius 3 is 2.51 bits per heavy atom. The number of methoxy groups -OCH3 is 1. The first-order chi connectivity index (χ1) is 17.3. The first kappa shape index (κ1) is 23.8. The van der Waals surface area contributed by atoms with E-state index in [-0.39, 0.29) is 25.2 Å². The molecular formula is C27H32O10. The number of cyclic esters (lactones) is 1. The molecule has 10 heteroatoms. The molecule has 1 N–H and O–H groups in total. The van der Waals surface area contributed by atoms with Crippen LogP contribution in [0.1, 0.15) is 58.6 Å². The quantitative estimate of drug-likeness (QED) is 0.460. The average molecular weight is 517 g/mol. The minimum atomic E-state index is -1.90. The van der Waals surface area contributed by atoms with Crippen molar-refractivity contribution in [1.82, 2.24) is 0 Å². The number of rotatable bonds is 2. The Kier molecular flexibility index (Phi) is 4.28. The van der Waals surface area contributed by atoms with Crippen LogP contribution in [0.15, 0.2) is 23.0 Å². The number of carbonyl (C=O) groups is 3. The number of hydrogen-bond donors (Lipinski definition) is 1.